The largest absolute Gasteiger partial charge is 0.481 e. The fourth-order valence-corrected chi connectivity index (χ4v) is 10.9. The van der Waals surface area contributed by atoms with Crippen LogP contribution in [0, 0.1) is 50.7 Å². The second kappa shape index (κ2) is 7.58. The lowest BCUT2D eigenvalue weighted by atomic mass is 9.32. The summed E-state index contributed by atoms with van der Waals surface area (Å²) >= 11 is 0. The van der Waals surface area contributed by atoms with E-state index in [1.807, 2.05) is 27.7 Å². The summed E-state index contributed by atoms with van der Waals surface area (Å²) < 4.78 is 0. The molecule has 0 radical (unpaired) electrons. The summed E-state index contributed by atoms with van der Waals surface area (Å²) in [6, 6.07) is 0. The molecule has 5 aliphatic rings. The number of hydrogen-bond donors (Lipinski definition) is 5. The van der Waals surface area contributed by atoms with Gasteiger partial charge in [-0.05, 0) is 85.9 Å². The summed E-state index contributed by atoms with van der Waals surface area (Å²) in [4.78, 5) is 12.8. The molecule has 5 N–H and O–H groups in total. The van der Waals surface area contributed by atoms with Crippen molar-refractivity contribution in [3.8, 4) is 0 Å². The van der Waals surface area contributed by atoms with Crippen LogP contribution in [0.4, 0.5) is 0 Å². The minimum absolute atomic E-state index is 0.00890. The van der Waals surface area contributed by atoms with Crippen LogP contribution in [0.15, 0.2) is 11.6 Å². The average Bonchev–Trinajstić information content (AvgIpc) is 2.79. The van der Waals surface area contributed by atoms with Crippen molar-refractivity contribution in [1.82, 2.24) is 0 Å². The summed E-state index contributed by atoms with van der Waals surface area (Å²) in [5.41, 5.74) is -2.63. The van der Waals surface area contributed by atoms with Crippen molar-refractivity contribution in [2.24, 2.45) is 50.7 Å². The van der Waals surface area contributed by atoms with Crippen molar-refractivity contribution < 1.29 is 30.3 Å². The molecule has 5 aliphatic carbocycles. The molecule has 0 unspecified atom stereocenters. The van der Waals surface area contributed by atoms with Crippen molar-refractivity contribution in [2.45, 2.75) is 117 Å². The number of aliphatic hydroxyl groups is 4. The van der Waals surface area contributed by atoms with Gasteiger partial charge in [-0.1, -0.05) is 53.2 Å². The molecule has 0 aromatic rings. The maximum absolute atomic E-state index is 12.8. The van der Waals surface area contributed by atoms with E-state index in [1.54, 1.807) is 0 Å². The molecule has 0 heterocycles. The first-order valence-electron chi connectivity index (χ1n) is 14.1. The van der Waals surface area contributed by atoms with E-state index in [0.717, 1.165) is 24.8 Å². The fraction of sp³-hybridized carbons (Fsp3) is 0.900. The topological polar surface area (TPSA) is 118 Å². The molecule has 0 bridgehead atoms. The minimum Gasteiger partial charge on any atom is -0.481 e. The maximum Gasteiger partial charge on any atom is 0.310 e. The van der Waals surface area contributed by atoms with Gasteiger partial charge in [0.2, 0.25) is 0 Å². The second-order valence-electron chi connectivity index (χ2n) is 14.9. The van der Waals surface area contributed by atoms with E-state index in [0.29, 0.717) is 25.7 Å². The third-order valence-corrected chi connectivity index (χ3v) is 13.6. The van der Waals surface area contributed by atoms with Crippen LogP contribution in [0.2, 0.25) is 0 Å². The lowest BCUT2D eigenvalue weighted by molar-refractivity contribution is -0.279. The molecule has 0 amide bonds. The molecule has 6 heteroatoms. The Hall–Kier alpha value is -0.950. The Kier molecular flexibility index (Phi) is 5.61. The zero-order chi connectivity index (χ0) is 26.9. The van der Waals surface area contributed by atoms with Crippen LogP contribution in [0.25, 0.3) is 0 Å². The molecule has 5 rings (SSSR count). The van der Waals surface area contributed by atoms with Gasteiger partial charge in [-0.2, -0.15) is 0 Å². The molecule has 0 aromatic carbocycles. The van der Waals surface area contributed by atoms with Crippen LogP contribution in [0.5, 0.6) is 0 Å². The molecular formula is C30H48O6. The normalized spacial score (nSPS) is 58.0. The van der Waals surface area contributed by atoms with Gasteiger partial charge < -0.3 is 25.5 Å². The Bertz CT molecular complexity index is 986. The first-order valence-corrected chi connectivity index (χ1v) is 14.1. The second-order valence-corrected chi connectivity index (χ2v) is 14.9. The highest BCUT2D eigenvalue weighted by Crippen LogP contribution is 2.76. The van der Waals surface area contributed by atoms with Gasteiger partial charge in [-0.3, -0.25) is 4.79 Å². The van der Waals surface area contributed by atoms with E-state index in [9.17, 15) is 30.3 Å². The molecule has 0 spiro atoms. The highest BCUT2D eigenvalue weighted by atomic mass is 16.4. The van der Waals surface area contributed by atoms with Crippen LogP contribution in [-0.4, -0.2) is 55.4 Å². The number of hydrogen-bond acceptors (Lipinski definition) is 5. The van der Waals surface area contributed by atoms with Gasteiger partial charge in [0.1, 0.15) is 6.10 Å². The molecule has 0 aliphatic heterocycles. The first kappa shape index (κ1) is 26.6. The maximum atomic E-state index is 12.8. The molecule has 4 saturated carbocycles. The van der Waals surface area contributed by atoms with E-state index in [1.165, 1.54) is 0 Å². The number of carbonyl (C=O) groups is 1. The number of rotatable bonds is 1. The number of carboxylic acid groups (broad SMARTS) is 1. The monoisotopic (exact) mass is 504 g/mol. The Labute approximate surface area is 216 Å². The number of aliphatic carboxylic acids is 1. The molecule has 0 aromatic heterocycles. The SMILES string of the molecule is C[C@@H]1CC[C@]2(C(=O)O)CC[C@]3(C)C(=CC[C@@H]4[C@@]5(C)[C@H](O)[C@@H](O)[C@@H](O)C(C)(C)[C@@H]5CC[C@]43C)[C@@H]2[C@]1(C)O. The smallest absolute Gasteiger partial charge is 0.310 e. The Morgan fingerprint density at radius 1 is 0.889 bits per heavy atom. The van der Waals surface area contributed by atoms with Crippen LogP contribution in [-0.2, 0) is 4.79 Å². The third-order valence-electron chi connectivity index (χ3n) is 13.6. The van der Waals surface area contributed by atoms with Gasteiger partial charge in [0.25, 0.3) is 0 Å². The number of carboxylic acids is 1. The molecular weight excluding hydrogens is 456 g/mol. The number of allylic oxidation sites excluding steroid dienone is 1. The molecule has 12 atom stereocenters. The molecule has 6 nitrogen and oxygen atoms in total. The highest BCUT2D eigenvalue weighted by Gasteiger charge is 2.73. The standard InChI is InChI=1S/C30H48O6/c1-16-10-13-30(24(34)35)15-14-26(4)17(21(30)29(16,7)36)8-9-19-27(26,5)12-11-18-25(2,3)22(32)20(31)23(33)28(18,19)6/h8,16,18-23,31-33,36H,9-15H2,1-7H3,(H,34,35)/t16-,18+,19+,20+,21-,22-,23-,26-,27-,28+,29-,30+/m1/s1. The zero-order valence-corrected chi connectivity index (χ0v) is 23.2. The van der Waals surface area contributed by atoms with Crippen LogP contribution in [0.3, 0.4) is 0 Å². The summed E-state index contributed by atoms with van der Waals surface area (Å²) in [5, 5.41) is 55.9. The van der Waals surface area contributed by atoms with E-state index in [2.05, 4.69) is 26.8 Å². The highest BCUT2D eigenvalue weighted by molar-refractivity contribution is 5.77. The van der Waals surface area contributed by atoms with E-state index < -0.39 is 52.0 Å². The Balaban J connectivity index is 1.67. The van der Waals surface area contributed by atoms with Gasteiger partial charge >= 0.3 is 5.97 Å². The summed E-state index contributed by atoms with van der Waals surface area (Å²) in [6.07, 6.45) is 4.02. The van der Waals surface area contributed by atoms with Crippen molar-refractivity contribution in [3.63, 3.8) is 0 Å². The fourth-order valence-electron chi connectivity index (χ4n) is 10.9. The lowest BCUT2D eigenvalue weighted by Gasteiger charge is -2.72. The summed E-state index contributed by atoms with van der Waals surface area (Å²) in [6.45, 7) is 14.7. The van der Waals surface area contributed by atoms with Gasteiger partial charge in [0, 0.05) is 11.3 Å². The Morgan fingerprint density at radius 3 is 2.14 bits per heavy atom. The predicted octanol–water partition coefficient (Wildman–Crippen LogP) is 4.15. The number of aliphatic hydroxyl groups excluding tert-OH is 3. The molecule has 0 saturated heterocycles. The van der Waals surface area contributed by atoms with Crippen molar-refractivity contribution in [3.05, 3.63) is 11.6 Å². The van der Waals surface area contributed by atoms with Gasteiger partial charge in [0.05, 0.1) is 23.2 Å². The predicted molar refractivity (Wildman–Crippen MR) is 137 cm³/mol. The molecule has 36 heavy (non-hydrogen) atoms. The molecule has 4 fully saturated rings. The van der Waals surface area contributed by atoms with Gasteiger partial charge in [-0.15, -0.1) is 0 Å². The third kappa shape index (κ3) is 2.80. The van der Waals surface area contributed by atoms with E-state index in [-0.39, 0.29) is 28.6 Å². The lowest BCUT2D eigenvalue weighted by Crippen LogP contribution is -2.72. The van der Waals surface area contributed by atoms with Gasteiger partial charge in [-0.25, -0.2) is 0 Å². The summed E-state index contributed by atoms with van der Waals surface area (Å²) in [5.74, 6) is -1.10. The average molecular weight is 505 g/mol. The van der Waals surface area contributed by atoms with Crippen LogP contribution >= 0.6 is 0 Å². The van der Waals surface area contributed by atoms with E-state index >= 15 is 0 Å². The number of fused-ring (bicyclic) bond motifs is 7. The first-order chi connectivity index (χ1) is 16.4. The van der Waals surface area contributed by atoms with Crippen molar-refractivity contribution in [2.75, 3.05) is 0 Å². The quantitative estimate of drug-likeness (QED) is 0.343. The van der Waals surface area contributed by atoms with Crippen LogP contribution < -0.4 is 0 Å². The molecule has 204 valence electrons. The summed E-state index contributed by atoms with van der Waals surface area (Å²) in [7, 11) is 0. The minimum atomic E-state index is -1.20. The van der Waals surface area contributed by atoms with Gasteiger partial charge in [0.15, 0.2) is 0 Å². The van der Waals surface area contributed by atoms with E-state index in [4.69, 9.17) is 0 Å². The zero-order valence-electron chi connectivity index (χ0n) is 23.2. The van der Waals surface area contributed by atoms with Crippen molar-refractivity contribution in [1.29, 1.82) is 0 Å². The Morgan fingerprint density at radius 2 is 1.53 bits per heavy atom. The van der Waals surface area contributed by atoms with Crippen LogP contribution in [0.1, 0.15) is 93.4 Å². The van der Waals surface area contributed by atoms with Crippen molar-refractivity contribution >= 4 is 5.97 Å².